The highest BCUT2D eigenvalue weighted by atomic mass is 16.4. The molecular formula is C8H13NO5. The van der Waals surface area contributed by atoms with E-state index in [2.05, 4.69) is 0 Å². The van der Waals surface area contributed by atoms with Gasteiger partial charge in [0.15, 0.2) is 0 Å². The third-order valence-electron chi connectivity index (χ3n) is 3.09. The molecule has 2 aliphatic rings. The molecule has 2 saturated heterocycles. The second-order valence-corrected chi connectivity index (χ2v) is 3.85. The SMILES string of the molecule is O=C(O)[C@H]1[C@@H](O)[C@H](O)[C@H]2[C@@H](O)CCN21. The van der Waals surface area contributed by atoms with Crippen molar-refractivity contribution in [3.63, 3.8) is 0 Å². The molecule has 2 rings (SSSR count). The summed E-state index contributed by atoms with van der Waals surface area (Å²) >= 11 is 0. The highest BCUT2D eigenvalue weighted by molar-refractivity contribution is 5.75. The van der Waals surface area contributed by atoms with Crippen LogP contribution in [0.15, 0.2) is 0 Å². The summed E-state index contributed by atoms with van der Waals surface area (Å²) in [6.07, 6.45) is -2.79. The quantitative estimate of drug-likeness (QED) is 0.379. The Hall–Kier alpha value is -0.690. The first kappa shape index (κ1) is 9.85. The topological polar surface area (TPSA) is 101 Å². The third-order valence-corrected chi connectivity index (χ3v) is 3.09. The molecule has 2 fully saturated rings. The standard InChI is InChI=1S/C8H13NO5/c10-3-1-2-9-4(3)6(11)7(12)5(9)8(13)14/h3-7,10-12H,1-2H2,(H,13,14)/t3-,4+,5+,6+,7+/m0/s1. The van der Waals surface area contributed by atoms with E-state index in [4.69, 9.17) is 5.11 Å². The van der Waals surface area contributed by atoms with E-state index in [1.165, 1.54) is 4.90 Å². The molecule has 0 aromatic heterocycles. The molecule has 0 radical (unpaired) electrons. The van der Waals surface area contributed by atoms with Crippen molar-refractivity contribution in [3.05, 3.63) is 0 Å². The Labute approximate surface area is 80.4 Å². The van der Waals surface area contributed by atoms with E-state index in [1.54, 1.807) is 0 Å². The lowest BCUT2D eigenvalue weighted by Gasteiger charge is -2.20. The second-order valence-electron chi connectivity index (χ2n) is 3.85. The number of rotatable bonds is 1. The van der Waals surface area contributed by atoms with Gasteiger partial charge < -0.3 is 20.4 Å². The fourth-order valence-corrected chi connectivity index (χ4v) is 2.44. The zero-order valence-corrected chi connectivity index (χ0v) is 7.45. The van der Waals surface area contributed by atoms with E-state index >= 15 is 0 Å². The van der Waals surface area contributed by atoms with Gasteiger partial charge >= 0.3 is 5.97 Å². The number of aliphatic hydroxyl groups excluding tert-OH is 3. The lowest BCUT2D eigenvalue weighted by molar-refractivity contribution is -0.145. The largest absolute Gasteiger partial charge is 0.480 e. The predicted octanol–water partition coefficient (Wildman–Crippen LogP) is -2.39. The maximum atomic E-state index is 10.8. The Kier molecular flexibility index (Phi) is 2.23. The van der Waals surface area contributed by atoms with Gasteiger partial charge in [0.1, 0.15) is 18.2 Å². The highest BCUT2D eigenvalue weighted by Crippen LogP contribution is 2.33. The minimum absolute atomic E-state index is 0.400. The van der Waals surface area contributed by atoms with Crippen molar-refractivity contribution in [2.75, 3.05) is 6.54 Å². The van der Waals surface area contributed by atoms with Crippen LogP contribution < -0.4 is 0 Å². The number of fused-ring (bicyclic) bond motifs is 1. The molecule has 0 bridgehead atoms. The number of hydrogen-bond acceptors (Lipinski definition) is 5. The number of carbonyl (C=O) groups is 1. The van der Waals surface area contributed by atoms with Gasteiger partial charge in [-0.05, 0) is 6.42 Å². The Morgan fingerprint density at radius 2 is 1.86 bits per heavy atom. The smallest absolute Gasteiger partial charge is 0.323 e. The number of nitrogens with zero attached hydrogens (tertiary/aromatic N) is 1. The molecule has 5 atom stereocenters. The first-order chi connectivity index (χ1) is 6.54. The molecule has 0 aliphatic carbocycles. The molecule has 0 aromatic rings. The summed E-state index contributed by atoms with van der Waals surface area (Å²) in [6.45, 7) is 0.400. The van der Waals surface area contributed by atoms with Crippen LogP contribution in [0.5, 0.6) is 0 Å². The van der Waals surface area contributed by atoms with Crippen LogP contribution >= 0.6 is 0 Å². The molecule has 0 saturated carbocycles. The fourth-order valence-electron chi connectivity index (χ4n) is 2.44. The van der Waals surface area contributed by atoms with Gasteiger partial charge in [0.05, 0.1) is 12.1 Å². The van der Waals surface area contributed by atoms with Crippen molar-refractivity contribution in [1.82, 2.24) is 4.90 Å². The first-order valence-electron chi connectivity index (χ1n) is 4.57. The van der Waals surface area contributed by atoms with Crippen LogP contribution in [-0.4, -0.2) is 68.2 Å². The number of aliphatic carboxylic acids is 1. The van der Waals surface area contributed by atoms with Gasteiger partial charge in [0, 0.05) is 6.54 Å². The van der Waals surface area contributed by atoms with E-state index in [-0.39, 0.29) is 0 Å². The molecule has 80 valence electrons. The van der Waals surface area contributed by atoms with Crippen molar-refractivity contribution in [1.29, 1.82) is 0 Å². The summed E-state index contributed by atoms with van der Waals surface area (Å²) in [7, 11) is 0. The zero-order chi connectivity index (χ0) is 10.5. The Morgan fingerprint density at radius 3 is 2.43 bits per heavy atom. The van der Waals surface area contributed by atoms with E-state index in [1.807, 2.05) is 0 Å². The van der Waals surface area contributed by atoms with Gasteiger partial charge in [-0.2, -0.15) is 0 Å². The van der Waals surface area contributed by atoms with Crippen LogP contribution in [0.4, 0.5) is 0 Å². The fraction of sp³-hybridized carbons (Fsp3) is 0.875. The second kappa shape index (κ2) is 3.16. The minimum Gasteiger partial charge on any atom is -0.480 e. The van der Waals surface area contributed by atoms with E-state index in [0.29, 0.717) is 13.0 Å². The third kappa shape index (κ3) is 1.15. The molecule has 6 nitrogen and oxygen atoms in total. The van der Waals surface area contributed by atoms with Crippen molar-refractivity contribution in [2.24, 2.45) is 0 Å². The summed E-state index contributed by atoms with van der Waals surface area (Å²) < 4.78 is 0. The Morgan fingerprint density at radius 1 is 1.21 bits per heavy atom. The average Bonchev–Trinajstić information content (AvgIpc) is 2.56. The molecule has 0 amide bonds. The van der Waals surface area contributed by atoms with Gasteiger partial charge in [-0.3, -0.25) is 9.69 Å². The molecular weight excluding hydrogens is 190 g/mol. The van der Waals surface area contributed by atoms with Crippen LogP contribution in [-0.2, 0) is 4.79 Å². The van der Waals surface area contributed by atoms with Gasteiger partial charge in [-0.1, -0.05) is 0 Å². The predicted molar refractivity (Wildman–Crippen MR) is 44.6 cm³/mol. The van der Waals surface area contributed by atoms with Crippen LogP contribution in [0.25, 0.3) is 0 Å². The van der Waals surface area contributed by atoms with Gasteiger partial charge in [0.2, 0.25) is 0 Å². The van der Waals surface area contributed by atoms with E-state index in [9.17, 15) is 20.1 Å². The van der Waals surface area contributed by atoms with Crippen molar-refractivity contribution >= 4 is 5.97 Å². The summed E-state index contributed by atoms with van der Waals surface area (Å²) in [5.41, 5.74) is 0. The number of carboxylic acid groups (broad SMARTS) is 1. The maximum Gasteiger partial charge on any atom is 0.323 e. The normalized spacial score (nSPS) is 48.1. The average molecular weight is 203 g/mol. The van der Waals surface area contributed by atoms with Crippen molar-refractivity contribution in [2.45, 2.75) is 36.8 Å². The summed E-state index contributed by atoms with van der Waals surface area (Å²) in [6, 6.07) is -1.72. The lowest BCUT2D eigenvalue weighted by Crippen LogP contribution is -2.42. The van der Waals surface area contributed by atoms with Gasteiger partial charge in [-0.15, -0.1) is 0 Å². The van der Waals surface area contributed by atoms with Crippen molar-refractivity contribution < 1.29 is 25.2 Å². The number of hydrogen-bond donors (Lipinski definition) is 4. The maximum absolute atomic E-state index is 10.8. The molecule has 14 heavy (non-hydrogen) atoms. The number of aliphatic hydroxyl groups is 3. The summed E-state index contributed by atoms with van der Waals surface area (Å²) in [5.74, 6) is -1.16. The van der Waals surface area contributed by atoms with Crippen LogP contribution in [0.1, 0.15) is 6.42 Å². The monoisotopic (exact) mass is 203 g/mol. The molecule has 2 aliphatic heterocycles. The Balaban J connectivity index is 2.26. The summed E-state index contributed by atoms with van der Waals surface area (Å²) in [4.78, 5) is 12.3. The van der Waals surface area contributed by atoms with Crippen LogP contribution in [0, 0.1) is 0 Å². The Bertz CT molecular complexity index is 258. The van der Waals surface area contributed by atoms with Gasteiger partial charge in [-0.25, -0.2) is 0 Å². The minimum atomic E-state index is -1.31. The molecule has 0 aromatic carbocycles. The van der Waals surface area contributed by atoms with E-state index < -0.39 is 36.4 Å². The van der Waals surface area contributed by atoms with Crippen LogP contribution in [0.3, 0.4) is 0 Å². The molecule has 4 N–H and O–H groups in total. The zero-order valence-electron chi connectivity index (χ0n) is 7.45. The molecule has 2 heterocycles. The number of carboxylic acids is 1. The highest BCUT2D eigenvalue weighted by Gasteiger charge is 2.55. The molecule has 6 heteroatoms. The van der Waals surface area contributed by atoms with Crippen LogP contribution in [0.2, 0.25) is 0 Å². The molecule has 0 unspecified atom stereocenters. The summed E-state index contributed by atoms with van der Waals surface area (Å²) in [5, 5.41) is 37.3. The van der Waals surface area contributed by atoms with E-state index in [0.717, 1.165) is 0 Å². The first-order valence-corrected chi connectivity index (χ1v) is 4.57. The van der Waals surface area contributed by atoms with Crippen molar-refractivity contribution in [3.8, 4) is 0 Å². The molecule has 0 spiro atoms. The lowest BCUT2D eigenvalue weighted by atomic mass is 10.0. The van der Waals surface area contributed by atoms with Gasteiger partial charge in [0.25, 0.3) is 0 Å².